The fraction of sp³-hybridized carbons (Fsp3) is 0.321. The maximum atomic E-state index is 13.6. The van der Waals surface area contributed by atoms with E-state index in [1.807, 2.05) is 0 Å². The molecular formula is C28H28ClF5N2O4. The van der Waals surface area contributed by atoms with Gasteiger partial charge in [-0.2, -0.15) is 0 Å². The van der Waals surface area contributed by atoms with Crippen LogP contribution >= 0.6 is 12.4 Å². The molecule has 0 bridgehead atoms. The Balaban J connectivity index is 0.00000441. The molecule has 1 amide bonds. The molecule has 0 spiro atoms. The first-order chi connectivity index (χ1) is 18.6. The Bertz CT molecular complexity index is 1290. The standard InChI is InChI=1S/C28H27F5N2O4.ClH/c29-21-5-10-26(24(30)16-21)38-13-12-37-22-6-3-18(4-7-22)14-20(17-34)27(36)35-11-1-2-19-15-23(8-9-25(19)35)39-28(31,32)33;/h3-10,15-16,20H,1-2,11-14,17,34H2;1H. The van der Waals surface area contributed by atoms with Crippen molar-refractivity contribution in [1.82, 2.24) is 0 Å². The van der Waals surface area contributed by atoms with Crippen molar-refractivity contribution in [2.24, 2.45) is 11.7 Å². The van der Waals surface area contributed by atoms with E-state index in [-0.39, 0.29) is 49.6 Å². The van der Waals surface area contributed by atoms with E-state index < -0.39 is 23.9 Å². The number of carbonyl (C=O) groups is 1. The van der Waals surface area contributed by atoms with Crippen molar-refractivity contribution in [1.29, 1.82) is 0 Å². The predicted octanol–water partition coefficient (Wildman–Crippen LogP) is 5.84. The first kappa shape index (κ1) is 31.0. The summed E-state index contributed by atoms with van der Waals surface area (Å²) in [7, 11) is 0. The van der Waals surface area contributed by atoms with E-state index in [0.29, 0.717) is 42.8 Å². The lowest BCUT2D eigenvalue weighted by Crippen LogP contribution is -2.42. The molecule has 216 valence electrons. The summed E-state index contributed by atoms with van der Waals surface area (Å²) in [5.41, 5.74) is 7.96. The van der Waals surface area contributed by atoms with Crippen LogP contribution in [0.15, 0.2) is 60.7 Å². The van der Waals surface area contributed by atoms with Gasteiger partial charge in [-0.05, 0) is 72.9 Å². The van der Waals surface area contributed by atoms with E-state index in [1.54, 1.807) is 29.2 Å². The molecule has 40 heavy (non-hydrogen) atoms. The van der Waals surface area contributed by atoms with E-state index in [1.165, 1.54) is 24.3 Å². The summed E-state index contributed by atoms with van der Waals surface area (Å²) in [5.74, 6) is -2.07. The van der Waals surface area contributed by atoms with Crippen molar-refractivity contribution >= 4 is 24.0 Å². The first-order valence-corrected chi connectivity index (χ1v) is 12.3. The van der Waals surface area contributed by atoms with Crippen LogP contribution in [0.4, 0.5) is 27.6 Å². The van der Waals surface area contributed by atoms with Crippen molar-refractivity contribution in [2.45, 2.75) is 25.6 Å². The van der Waals surface area contributed by atoms with Crippen molar-refractivity contribution in [3.63, 3.8) is 0 Å². The summed E-state index contributed by atoms with van der Waals surface area (Å²) in [5, 5.41) is 0. The largest absolute Gasteiger partial charge is 0.573 e. The topological polar surface area (TPSA) is 74.0 Å². The highest BCUT2D eigenvalue weighted by atomic mass is 35.5. The van der Waals surface area contributed by atoms with Gasteiger partial charge >= 0.3 is 6.36 Å². The van der Waals surface area contributed by atoms with Gasteiger partial charge in [0.1, 0.15) is 30.5 Å². The molecule has 0 fully saturated rings. The van der Waals surface area contributed by atoms with Gasteiger partial charge in [0.25, 0.3) is 0 Å². The molecule has 3 aromatic carbocycles. The van der Waals surface area contributed by atoms with Gasteiger partial charge < -0.3 is 24.8 Å². The Hall–Kier alpha value is -3.57. The van der Waals surface area contributed by atoms with Gasteiger partial charge in [-0.25, -0.2) is 8.78 Å². The first-order valence-electron chi connectivity index (χ1n) is 12.3. The third kappa shape index (κ3) is 8.22. The van der Waals surface area contributed by atoms with Gasteiger partial charge in [-0.3, -0.25) is 4.79 Å². The molecule has 3 aromatic rings. The third-order valence-corrected chi connectivity index (χ3v) is 6.21. The molecule has 12 heteroatoms. The van der Waals surface area contributed by atoms with Crippen molar-refractivity contribution in [3.8, 4) is 17.2 Å². The second-order valence-corrected chi connectivity index (χ2v) is 8.98. The van der Waals surface area contributed by atoms with Gasteiger partial charge in [0.2, 0.25) is 5.91 Å². The van der Waals surface area contributed by atoms with E-state index in [0.717, 1.165) is 17.7 Å². The summed E-state index contributed by atoms with van der Waals surface area (Å²) in [4.78, 5) is 14.9. The number of amides is 1. The average Bonchev–Trinajstić information content (AvgIpc) is 2.89. The normalized spacial score (nSPS) is 13.6. The van der Waals surface area contributed by atoms with Crippen molar-refractivity contribution in [3.05, 3.63) is 83.4 Å². The lowest BCUT2D eigenvalue weighted by Gasteiger charge is -2.32. The van der Waals surface area contributed by atoms with E-state index in [4.69, 9.17) is 15.2 Å². The quantitative estimate of drug-likeness (QED) is 0.239. The Labute approximate surface area is 234 Å². The number of hydrogen-bond donors (Lipinski definition) is 1. The SMILES string of the molecule is Cl.NCC(Cc1ccc(OCCOc2ccc(F)cc2F)cc1)C(=O)N1CCCc2cc(OC(F)(F)F)ccc21. The number of nitrogens with zero attached hydrogens (tertiary/aromatic N) is 1. The summed E-state index contributed by atoms with van der Waals surface area (Å²) < 4.78 is 79.2. The molecule has 1 aliphatic rings. The number of hydrogen-bond acceptors (Lipinski definition) is 5. The number of fused-ring (bicyclic) bond motifs is 1. The number of rotatable bonds is 10. The summed E-state index contributed by atoms with van der Waals surface area (Å²) in [6, 6.07) is 14.1. The highest BCUT2D eigenvalue weighted by Crippen LogP contribution is 2.34. The highest BCUT2D eigenvalue weighted by molar-refractivity contribution is 5.96. The number of aryl methyl sites for hydroxylation is 1. The fourth-order valence-corrected chi connectivity index (χ4v) is 4.40. The molecule has 2 N–H and O–H groups in total. The lowest BCUT2D eigenvalue weighted by atomic mass is 9.95. The zero-order chi connectivity index (χ0) is 28.0. The summed E-state index contributed by atoms with van der Waals surface area (Å²) in [6.45, 7) is 0.716. The number of carbonyl (C=O) groups excluding carboxylic acids is 1. The van der Waals surface area contributed by atoms with Crippen LogP contribution in [0.3, 0.4) is 0 Å². The number of benzene rings is 3. The van der Waals surface area contributed by atoms with Crippen LogP contribution in [-0.4, -0.2) is 38.6 Å². The minimum atomic E-state index is -4.79. The van der Waals surface area contributed by atoms with Crippen molar-refractivity contribution < 1.29 is 41.0 Å². The van der Waals surface area contributed by atoms with Crippen LogP contribution in [0.1, 0.15) is 17.5 Å². The molecule has 6 nitrogen and oxygen atoms in total. The predicted molar refractivity (Wildman–Crippen MR) is 141 cm³/mol. The maximum absolute atomic E-state index is 13.6. The minimum absolute atomic E-state index is 0. The Morgan fingerprint density at radius 1 is 0.950 bits per heavy atom. The Morgan fingerprint density at radius 3 is 2.33 bits per heavy atom. The number of nitrogens with two attached hydrogens (primary N) is 1. The monoisotopic (exact) mass is 586 g/mol. The van der Waals surface area contributed by atoms with Gasteiger partial charge in [-0.1, -0.05) is 12.1 Å². The molecule has 1 atom stereocenters. The molecule has 0 aromatic heterocycles. The van der Waals surface area contributed by atoms with Crippen LogP contribution < -0.4 is 24.8 Å². The maximum Gasteiger partial charge on any atom is 0.573 e. The fourth-order valence-electron chi connectivity index (χ4n) is 4.40. The van der Waals surface area contributed by atoms with Crippen LogP contribution in [0, 0.1) is 17.6 Å². The van der Waals surface area contributed by atoms with Crippen molar-refractivity contribution in [2.75, 3.05) is 31.2 Å². The van der Waals surface area contributed by atoms with E-state index >= 15 is 0 Å². The molecule has 1 unspecified atom stereocenters. The molecule has 0 radical (unpaired) electrons. The van der Waals surface area contributed by atoms with Gasteiger partial charge in [-0.15, -0.1) is 25.6 Å². The average molecular weight is 587 g/mol. The Kier molecular flexibility index (Phi) is 10.6. The number of anilines is 1. The second kappa shape index (κ2) is 13.7. The van der Waals surface area contributed by atoms with E-state index in [2.05, 4.69) is 4.74 Å². The third-order valence-electron chi connectivity index (χ3n) is 6.21. The van der Waals surface area contributed by atoms with Crippen LogP contribution in [-0.2, 0) is 17.6 Å². The van der Waals surface area contributed by atoms with Crippen LogP contribution in [0.5, 0.6) is 17.2 Å². The second-order valence-electron chi connectivity index (χ2n) is 8.98. The number of ether oxygens (including phenoxy) is 3. The highest BCUT2D eigenvalue weighted by Gasteiger charge is 2.33. The molecule has 0 saturated heterocycles. The summed E-state index contributed by atoms with van der Waals surface area (Å²) in [6.07, 6.45) is -3.29. The lowest BCUT2D eigenvalue weighted by molar-refractivity contribution is -0.274. The molecule has 1 heterocycles. The number of halogens is 6. The molecular weight excluding hydrogens is 559 g/mol. The zero-order valence-electron chi connectivity index (χ0n) is 21.3. The van der Waals surface area contributed by atoms with Crippen LogP contribution in [0.2, 0.25) is 0 Å². The van der Waals surface area contributed by atoms with Gasteiger partial charge in [0.15, 0.2) is 11.6 Å². The van der Waals surface area contributed by atoms with Gasteiger partial charge in [0.05, 0.1) is 5.92 Å². The molecule has 4 rings (SSSR count). The molecule has 0 saturated carbocycles. The Morgan fingerprint density at radius 2 is 1.65 bits per heavy atom. The smallest absolute Gasteiger partial charge is 0.490 e. The van der Waals surface area contributed by atoms with Crippen LogP contribution in [0.25, 0.3) is 0 Å². The number of alkyl halides is 3. The van der Waals surface area contributed by atoms with E-state index in [9.17, 15) is 26.7 Å². The summed E-state index contributed by atoms with van der Waals surface area (Å²) >= 11 is 0. The minimum Gasteiger partial charge on any atom is -0.490 e. The zero-order valence-corrected chi connectivity index (χ0v) is 22.1. The molecule has 1 aliphatic heterocycles. The molecule has 0 aliphatic carbocycles. The van der Waals surface area contributed by atoms with Gasteiger partial charge in [0, 0.05) is 24.8 Å².